The lowest BCUT2D eigenvalue weighted by atomic mass is 9.99. The molecule has 1 aliphatic rings. The number of halogens is 2. The summed E-state index contributed by atoms with van der Waals surface area (Å²) in [5.74, 6) is 0. The monoisotopic (exact) mass is 340 g/mol. The van der Waals surface area contributed by atoms with E-state index in [9.17, 15) is 0 Å². The van der Waals surface area contributed by atoms with E-state index in [0.717, 1.165) is 38.2 Å². The summed E-state index contributed by atoms with van der Waals surface area (Å²) in [6.07, 6.45) is 1.15. The van der Waals surface area contributed by atoms with Crippen LogP contribution < -0.4 is 5.32 Å². The van der Waals surface area contributed by atoms with E-state index in [4.69, 9.17) is 23.2 Å². The van der Waals surface area contributed by atoms with Gasteiger partial charge in [0, 0.05) is 19.6 Å². The van der Waals surface area contributed by atoms with Crippen molar-refractivity contribution in [2.24, 2.45) is 0 Å². The van der Waals surface area contributed by atoms with E-state index in [1.807, 2.05) is 12.1 Å². The normalized spacial score (nSPS) is 18.4. The average molecular weight is 341 g/mol. The number of nitrogens with one attached hydrogen (secondary N) is 1. The lowest BCUT2D eigenvalue weighted by molar-refractivity contribution is 0.241. The van der Waals surface area contributed by atoms with Gasteiger partial charge in [-0.2, -0.15) is 11.3 Å². The molecule has 1 unspecified atom stereocenters. The molecule has 3 rings (SSSR count). The Morgan fingerprint density at radius 2 is 2.05 bits per heavy atom. The summed E-state index contributed by atoms with van der Waals surface area (Å²) in [6.45, 7) is 4.18. The van der Waals surface area contributed by atoms with Crippen LogP contribution in [0.2, 0.25) is 10.0 Å². The van der Waals surface area contributed by atoms with Crippen molar-refractivity contribution in [3.05, 3.63) is 56.2 Å². The lowest BCUT2D eigenvalue weighted by Crippen LogP contribution is -2.33. The van der Waals surface area contributed by atoms with Crippen LogP contribution in [0.25, 0.3) is 0 Å². The maximum Gasteiger partial charge on any atom is 0.0643 e. The predicted octanol–water partition coefficient (Wildman–Crippen LogP) is 4.44. The molecular formula is C16H18Cl2N2S. The Balaban J connectivity index is 2.01. The largest absolute Gasteiger partial charge is 0.315 e. The summed E-state index contributed by atoms with van der Waals surface area (Å²) < 4.78 is 0. The van der Waals surface area contributed by atoms with Crippen LogP contribution in [0, 0.1) is 0 Å². The molecule has 0 aliphatic carbocycles. The first-order valence-electron chi connectivity index (χ1n) is 7.18. The van der Waals surface area contributed by atoms with Crippen LogP contribution >= 0.6 is 34.5 Å². The van der Waals surface area contributed by atoms with Crippen LogP contribution in [0.1, 0.15) is 23.6 Å². The highest BCUT2D eigenvalue weighted by molar-refractivity contribution is 7.08. The van der Waals surface area contributed by atoms with Crippen molar-refractivity contribution < 1.29 is 0 Å². The van der Waals surface area contributed by atoms with Gasteiger partial charge in [0.2, 0.25) is 0 Å². The van der Waals surface area contributed by atoms with Crippen molar-refractivity contribution in [3.63, 3.8) is 0 Å². The fourth-order valence-electron chi connectivity index (χ4n) is 2.87. The van der Waals surface area contributed by atoms with Gasteiger partial charge in [-0.05, 0) is 47.0 Å². The number of thiophene rings is 1. The van der Waals surface area contributed by atoms with E-state index >= 15 is 0 Å². The van der Waals surface area contributed by atoms with Crippen molar-refractivity contribution in [3.8, 4) is 0 Å². The van der Waals surface area contributed by atoms with Crippen molar-refractivity contribution in [1.82, 2.24) is 10.2 Å². The Labute approximate surface area is 139 Å². The molecule has 1 saturated heterocycles. The zero-order valence-corrected chi connectivity index (χ0v) is 14.0. The van der Waals surface area contributed by atoms with Gasteiger partial charge in [-0.25, -0.2) is 0 Å². The highest BCUT2D eigenvalue weighted by Gasteiger charge is 2.26. The van der Waals surface area contributed by atoms with Crippen LogP contribution in [-0.4, -0.2) is 31.1 Å². The molecule has 1 aliphatic heterocycles. The Morgan fingerprint density at radius 3 is 2.86 bits per heavy atom. The van der Waals surface area contributed by atoms with E-state index in [-0.39, 0.29) is 6.04 Å². The van der Waals surface area contributed by atoms with Crippen LogP contribution in [-0.2, 0) is 0 Å². The number of hydrogen-bond acceptors (Lipinski definition) is 3. The number of hydrogen-bond donors (Lipinski definition) is 1. The summed E-state index contributed by atoms with van der Waals surface area (Å²) in [4.78, 5) is 2.50. The zero-order valence-electron chi connectivity index (χ0n) is 11.7. The second kappa shape index (κ2) is 7.12. The summed E-state index contributed by atoms with van der Waals surface area (Å²) in [6, 6.07) is 8.29. The molecule has 1 aromatic carbocycles. The van der Waals surface area contributed by atoms with E-state index < -0.39 is 0 Å². The van der Waals surface area contributed by atoms with Gasteiger partial charge < -0.3 is 5.32 Å². The minimum absolute atomic E-state index is 0.183. The van der Waals surface area contributed by atoms with Gasteiger partial charge in [0.05, 0.1) is 16.1 Å². The van der Waals surface area contributed by atoms with Crippen molar-refractivity contribution >= 4 is 34.5 Å². The summed E-state index contributed by atoms with van der Waals surface area (Å²) >= 11 is 14.4. The lowest BCUT2D eigenvalue weighted by Gasteiger charge is -2.31. The molecular weight excluding hydrogens is 323 g/mol. The predicted molar refractivity (Wildman–Crippen MR) is 91.7 cm³/mol. The fourth-order valence-corrected chi connectivity index (χ4v) is 3.96. The van der Waals surface area contributed by atoms with Gasteiger partial charge in [-0.1, -0.05) is 35.3 Å². The summed E-state index contributed by atoms with van der Waals surface area (Å²) in [7, 11) is 0. The van der Waals surface area contributed by atoms with Gasteiger partial charge in [0.15, 0.2) is 0 Å². The molecule has 0 bridgehead atoms. The van der Waals surface area contributed by atoms with Gasteiger partial charge in [-0.3, -0.25) is 4.90 Å². The molecule has 5 heteroatoms. The zero-order chi connectivity index (χ0) is 14.7. The molecule has 1 fully saturated rings. The van der Waals surface area contributed by atoms with E-state index in [2.05, 4.69) is 33.1 Å². The highest BCUT2D eigenvalue weighted by atomic mass is 35.5. The Bertz CT molecular complexity index is 578. The van der Waals surface area contributed by atoms with Gasteiger partial charge in [0.1, 0.15) is 0 Å². The first-order valence-corrected chi connectivity index (χ1v) is 8.88. The molecule has 0 radical (unpaired) electrons. The van der Waals surface area contributed by atoms with Gasteiger partial charge in [0.25, 0.3) is 0 Å². The summed E-state index contributed by atoms with van der Waals surface area (Å²) in [5, 5.41) is 9.09. The van der Waals surface area contributed by atoms with Crippen molar-refractivity contribution in [1.29, 1.82) is 0 Å². The first-order chi connectivity index (χ1) is 10.3. The molecule has 112 valence electrons. The van der Waals surface area contributed by atoms with Crippen molar-refractivity contribution in [2.45, 2.75) is 12.5 Å². The Hall–Kier alpha value is -0.580. The topological polar surface area (TPSA) is 15.3 Å². The molecule has 0 spiro atoms. The number of benzene rings is 1. The Kier molecular flexibility index (Phi) is 5.19. The summed E-state index contributed by atoms with van der Waals surface area (Å²) in [5.41, 5.74) is 2.40. The van der Waals surface area contributed by atoms with Crippen LogP contribution in [0.4, 0.5) is 0 Å². The second-order valence-electron chi connectivity index (χ2n) is 5.24. The minimum atomic E-state index is 0.183. The van der Waals surface area contributed by atoms with E-state index in [1.54, 1.807) is 11.3 Å². The van der Waals surface area contributed by atoms with Crippen LogP contribution in [0.5, 0.6) is 0 Å². The maximum atomic E-state index is 6.49. The van der Waals surface area contributed by atoms with E-state index in [0.29, 0.717) is 10.0 Å². The SMILES string of the molecule is Clc1cccc(C(c2ccsc2)N2CCCNCC2)c1Cl. The molecule has 2 heterocycles. The smallest absolute Gasteiger partial charge is 0.0643 e. The first kappa shape index (κ1) is 15.3. The highest BCUT2D eigenvalue weighted by Crippen LogP contribution is 2.37. The van der Waals surface area contributed by atoms with E-state index in [1.165, 1.54) is 5.56 Å². The maximum absolute atomic E-state index is 6.49. The van der Waals surface area contributed by atoms with Crippen LogP contribution in [0.15, 0.2) is 35.0 Å². The molecule has 1 aromatic heterocycles. The van der Waals surface area contributed by atoms with Gasteiger partial charge >= 0.3 is 0 Å². The molecule has 1 N–H and O–H groups in total. The number of rotatable bonds is 3. The molecule has 2 nitrogen and oxygen atoms in total. The average Bonchev–Trinajstić information content (AvgIpc) is 2.87. The third-order valence-electron chi connectivity index (χ3n) is 3.87. The second-order valence-corrected chi connectivity index (χ2v) is 6.81. The molecule has 1 atom stereocenters. The minimum Gasteiger partial charge on any atom is -0.315 e. The van der Waals surface area contributed by atoms with Crippen molar-refractivity contribution in [2.75, 3.05) is 26.2 Å². The third-order valence-corrected chi connectivity index (χ3v) is 5.41. The number of nitrogens with zero attached hydrogens (tertiary/aromatic N) is 1. The fraction of sp³-hybridized carbons (Fsp3) is 0.375. The van der Waals surface area contributed by atoms with Crippen LogP contribution in [0.3, 0.4) is 0 Å². The quantitative estimate of drug-likeness (QED) is 0.888. The Morgan fingerprint density at radius 1 is 1.14 bits per heavy atom. The molecule has 0 saturated carbocycles. The molecule has 0 amide bonds. The van der Waals surface area contributed by atoms with Gasteiger partial charge in [-0.15, -0.1) is 0 Å². The molecule has 21 heavy (non-hydrogen) atoms. The molecule has 2 aromatic rings. The standard InChI is InChI=1S/C16H18Cl2N2S/c17-14-4-1-3-13(15(14)18)16(12-5-10-21-11-12)20-8-2-6-19-7-9-20/h1,3-5,10-11,16,19H,2,6-9H2. The third kappa shape index (κ3) is 3.43.